The van der Waals surface area contributed by atoms with Gasteiger partial charge >= 0.3 is 6.09 Å². The average Bonchev–Trinajstić information content (AvgIpc) is 2.17. The fourth-order valence-corrected chi connectivity index (χ4v) is 2.50. The average molecular weight is 284 g/mol. The molecule has 19 heavy (non-hydrogen) atoms. The molecule has 0 aliphatic rings. The first-order valence-electron chi connectivity index (χ1n) is 5.82. The number of nitrogens with two attached hydrogens (primary N) is 1. The Morgan fingerprint density at radius 1 is 1.37 bits per heavy atom. The highest BCUT2D eigenvalue weighted by molar-refractivity contribution is 7.93. The summed E-state index contributed by atoms with van der Waals surface area (Å²) < 4.78 is 21.1. The minimum atomic E-state index is -2.83. The van der Waals surface area contributed by atoms with E-state index in [4.69, 9.17) is 10.5 Å². The Bertz CT molecular complexity index is 609. The second-order valence-corrected chi connectivity index (χ2v) is 7.65. The van der Waals surface area contributed by atoms with Gasteiger partial charge in [0.15, 0.2) is 0 Å². The molecule has 0 bridgehead atoms. The number of carbonyl (C=O) groups is 1. The van der Waals surface area contributed by atoms with E-state index in [1.807, 2.05) is 6.92 Å². The van der Waals surface area contributed by atoms with E-state index < -0.39 is 21.4 Å². The van der Waals surface area contributed by atoms with E-state index >= 15 is 0 Å². The molecule has 6 heteroatoms. The van der Waals surface area contributed by atoms with Crippen molar-refractivity contribution in [3.63, 3.8) is 0 Å². The van der Waals surface area contributed by atoms with Crippen LogP contribution < -0.4 is 5.73 Å². The first-order chi connectivity index (χ1) is 8.51. The van der Waals surface area contributed by atoms with Gasteiger partial charge in [-0.3, -0.25) is 0 Å². The molecule has 1 atom stereocenters. The Labute approximate surface area is 114 Å². The zero-order chi connectivity index (χ0) is 14.8. The van der Waals surface area contributed by atoms with E-state index in [2.05, 4.69) is 4.36 Å². The van der Waals surface area contributed by atoms with Gasteiger partial charge < -0.3 is 10.5 Å². The summed E-state index contributed by atoms with van der Waals surface area (Å²) >= 11 is 0. The number of rotatable bonds is 1. The van der Waals surface area contributed by atoms with Gasteiger partial charge in [0.25, 0.3) is 0 Å². The van der Waals surface area contributed by atoms with Crippen LogP contribution in [0.15, 0.2) is 27.5 Å². The fraction of sp³-hybridized carbons (Fsp3) is 0.462. The highest BCUT2D eigenvalue weighted by Crippen LogP contribution is 2.19. The van der Waals surface area contributed by atoms with Crippen molar-refractivity contribution < 1.29 is 13.7 Å². The lowest BCUT2D eigenvalue weighted by atomic mass is 10.2. The van der Waals surface area contributed by atoms with Crippen LogP contribution in [0.2, 0.25) is 0 Å². The summed E-state index contributed by atoms with van der Waals surface area (Å²) in [5, 5.41) is 0. The molecular formula is C13H20N2O3S. The molecule has 5 nitrogen and oxygen atoms in total. The van der Waals surface area contributed by atoms with Crippen molar-refractivity contribution in [3.8, 4) is 0 Å². The molecule has 0 aromatic heterocycles. The van der Waals surface area contributed by atoms with Crippen molar-refractivity contribution in [2.24, 2.45) is 4.36 Å². The monoisotopic (exact) mass is 284 g/mol. The van der Waals surface area contributed by atoms with E-state index in [0.717, 1.165) is 5.56 Å². The number of anilines is 1. The van der Waals surface area contributed by atoms with Crippen molar-refractivity contribution in [1.82, 2.24) is 0 Å². The molecular weight excluding hydrogens is 264 g/mol. The van der Waals surface area contributed by atoms with Crippen molar-refractivity contribution in [3.05, 3.63) is 23.8 Å². The minimum Gasteiger partial charge on any atom is -0.442 e. The molecule has 1 amide bonds. The number of ether oxygens (including phenoxy) is 1. The minimum absolute atomic E-state index is 0.463. The van der Waals surface area contributed by atoms with E-state index in [9.17, 15) is 9.00 Å². The summed E-state index contributed by atoms with van der Waals surface area (Å²) in [5.41, 5.74) is 6.45. The molecule has 0 fully saturated rings. The molecule has 0 spiro atoms. The van der Waals surface area contributed by atoms with Gasteiger partial charge in [0.1, 0.15) is 5.60 Å². The van der Waals surface area contributed by atoms with Gasteiger partial charge in [-0.25, -0.2) is 9.00 Å². The van der Waals surface area contributed by atoms with Crippen LogP contribution in [0.5, 0.6) is 0 Å². The lowest BCUT2D eigenvalue weighted by molar-refractivity contribution is 0.0607. The lowest BCUT2D eigenvalue weighted by Gasteiger charge is -2.17. The predicted molar refractivity (Wildman–Crippen MR) is 76.6 cm³/mol. The van der Waals surface area contributed by atoms with Crippen molar-refractivity contribution in [2.45, 2.75) is 38.2 Å². The first kappa shape index (κ1) is 15.5. The number of benzene rings is 1. The summed E-state index contributed by atoms with van der Waals surface area (Å²) in [6.07, 6.45) is 0.580. The maximum absolute atomic E-state index is 12.4. The summed E-state index contributed by atoms with van der Waals surface area (Å²) in [4.78, 5) is 12.1. The number of aryl methyl sites for hydroxylation is 1. The van der Waals surface area contributed by atoms with Crippen LogP contribution in [-0.4, -0.2) is 22.2 Å². The van der Waals surface area contributed by atoms with Gasteiger partial charge in [-0.15, -0.1) is 4.36 Å². The third-order valence-electron chi connectivity index (χ3n) is 2.32. The maximum Gasteiger partial charge on any atom is 0.442 e. The summed E-state index contributed by atoms with van der Waals surface area (Å²) in [6, 6.07) is 4.93. The fourth-order valence-electron chi connectivity index (χ4n) is 1.36. The van der Waals surface area contributed by atoms with Crippen LogP contribution >= 0.6 is 0 Å². The third kappa shape index (κ3) is 4.55. The van der Waals surface area contributed by atoms with Gasteiger partial charge in [-0.1, -0.05) is 0 Å². The van der Waals surface area contributed by atoms with Crippen LogP contribution in [0.1, 0.15) is 26.3 Å². The summed E-state index contributed by atoms with van der Waals surface area (Å²) in [7, 11) is -2.83. The van der Waals surface area contributed by atoms with Gasteiger partial charge in [-0.2, -0.15) is 0 Å². The van der Waals surface area contributed by atoms with E-state index in [1.54, 1.807) is 39.0 Å². The number of nitrogens with zero attached hydrogens (tertiary/aromatic N) is 1. The Morgan fingerprint density at radius 2 is 1.95 bits per heavy atom. The second-order valence-electron chi connectivity index (χ2n) is 5.39. The molecule has 106 valence electrons. The molecule has 0 radical (unpaired) electrons. The highest BCUT2D eigenvalue weighted by atomic mass is 32.2. The molecule has 0 saturated heterocycles. The zero-order valence-electron chi connectivity index (χ0n) is 11.9. The number of carbonyl (C=O) groups excluding carboxylic acids is 1. The molecule has 0 saturated carbocycles. The van der Waals surface area contributed by atoms with Crippen LogP contribution in [0.3, 0.4) is 0 Å². The largest absolute Gasteiger partial charge is 0.442 e. The van der Waals surface area contributed by atoms with E-state index in [-0.39, 0.29) is 0 Å². The van der Waals surface area contributed by atoms with Crippen LogP contribution in [0, 0.1) is 6.92 Å². The summed E-state index contributed by atoms with van der Waals surface area (Å²) in [5.74, 6) is 0. The first-order valence-corrected chi connectivity index (χ1v) is 7.75. The quantitative estimate of drug-likeness (QED) is 0.804. The zero-order valence-corrected chi connectivity index (χ0v) is 12.7. The molecule has 2 N–H and O–H groups in total. The Morgan fingerprint density at radius 3 is 2.42 bits per heavy atom. The Hall–Kier alpha value is -1.56. The topological polar surface area (TPSA) is 81.8 Å². The number of hydrogen-bond donors (Lipinski definition) is 1. The SMILES string of the molecule is Cc1cc(S(C)(=O)=NC(=O)OC(C)(C)C)ccc1N. The van der Waals surface area contributed by atoms with E-state index in [1.165, 1.54) is 6.26 Å². The van der Waals surface area contributed by atoms with Gasteiger partial charge in [0, 0.05) is 16.8 Å². The lowest BCUT2D eigenvalue weighted by Crippen LogP contribution is -2.22. The Balaban J connectivity index is 3.12. The molecule has 1 rings (SSSR count). The number of amides is 1. The maximum atomic E-state index is 12.4. The standard InChI is InChI=1S/C13H20N2O3S/c1-9-8-10(6-7-11(9)14)19(5,17)15-12(16)18-13(2,3)4/h6-8H,14H2,1-5H3. The van der Waals surface area contributed by atoms with E-state index in [0.29, 0.717) is 10.6 Å². The number of nitrogen functional groups attached to an aromatic ring is 1. The normalized spacial score (nSPS) is 14.6. The van der Waals surface area contributed by atoms with Crippen molar-refractivity contribution in [1.29, 1.82) is 0 Å². The molecule has 0 aliphatic heterocycles. The van der Waals surface area contributed by atoms with Gasteiger partial charge in [0.05, 0.1) is 9.73 Å². The summed E-state index contributed by atoms with van der Waals surface area (Å²) in [6.45, 7) is 6.99. The number of hydrogen-bond acceptors (Lipinski definition) is 4. The van der Waals surface area contributed by atoms with Crippen LogP contribution in [-0.2, 0) is 14.5 Å². The van der Waals surface area contributed by atoms with Crippen LogP contribution in [0.25, 0.3) is 0 Å². The third-order valence-corrected chi connectivity index (χ3v) is 3.95. The molecule has 0 heterocycles. The highest BCUT2D eigenvalue weighted by Gasteiger charge is 2.18. The van der Waals surface area contributed by atoms with Crippen molar-refractivity contribution >= 4 is 21.5 Å². The second kappa shape index (κ2) is 5.21. The van der Waals surface area contributed by atoms with Gasteiger partial charge in [-0.05, 0) is 51.5 Å². The molecule has 0 aliphatic carbocycles. The van der Waals surface area contributed by atoms with Crippen molar-refractivity contribution in [2.75, 3.05) is 12.0 Å². The van der Waals surface area contributed by atoms with Gasteiger partial charge in [0.2, 0.25) is 0 Å². The Kier molecular flexibility index (Phi) is 4.25. The predicted octanol–water partition coefficient (Wildman–Crippen LogP) is 2.97. The molecule has 1 unspecified atom stereocenters. The smallest absolute Gasteiger partial charge is 0.442 e. The molecule has 1 aromatic rings. The molecule has 1 aromatic carbocycles. The van der Waals surface area contributed by atoms with Crippen LogP contribution in [0.4, 0.5) is 10.5 Å².